The smallest absolute Gasteiger partial charge is 0.326 e. The molecule has 2 rings (SSSR count). The third-order valence-corrected chi connectivity index (χ3v) is 6.27. The molecule has 1 aromatic rings. The topological polar surface area (TPSA) is 171 Å². The van der Waals surface area contributed by atoms with Crippen LogP contribution in [0, 0.1) is 11.8 Å². The Balaban J connectivity index is 2.21. The van der Waals surface area contributed by atoms with Crippen LogP contribution in [0.2, 0.25) is 0 Å². The highest BCUT2D eigenvalue weighted by Crippen LogP contribution is 2.21. The van der Waals surface area contributed by atoms with Crippen molar-refractivity contribution >= 4 is 23.7 Å². The molecule has 5 unspecified atom stereocenters. The number of hydrogen-bond donors (Lipinski definition) is 5. The van der Waals surface area contributed by atoms with Crippen molar-refractivity contribution in [2.45, 2.75) is 84.0 Å². The molecular formula is C23H38N6O5. The van der Waals surface area contributed by atoms with E-state index < -0.39 is 47.9 Å². The number of aliphatic carboxylic acids is 1. The molecule has 3 amide bonds. The Morgan fingerprint density at radius 2 is 1.94 bits per heavy atom. The van der Waals surface area contributed by atoms with E-state index in [1.54, 1.807) is 6.20 Å². The zero-order chi connectivity index (χ0) is 25.4. The van der Waals surface area contributed by atoms with Crippen LogP contribution in [0.1, 0.15) is 59.1 Å². The summed E-state index contributed by atoms with van der Waals surface area (Å²) >= 11 is 0. The SMILES string of the molecule is CCC(C)C(NC(=O)C(Cc1cnc[nH]1)NC(=O)C(N)CC(C)C)C(=O)N1CCCC1C(=O)O. The fraction of sp³-hybridized carbons (Fsp3) is 0.696. The third-order valence-electron chi connectivity index (χ3n) is 6.27. The first-order valence-electron chi connectivity index (χ1n) is 11.9. The summed E-state index contributed by atoms with van der Waals surface area (Å²) in [4.78, 5) is 59.1. The van der Waals surface area contributed by atoms with Crippen molar-refractivity contribution in [2.24, 2.45) is 17.6 Å². The number of hydrogen-bond acceptors (Lipinski definition) is 6. The number of carboxylic acid groups (broad SMARTS) is 1. The molecule has 0 aromatic carbocycles. The van der Waals surface area contributed by atoms with Gasteiger partial charge in [-0.25, -0.2) is 9.78 Å². The number of amides is 3. The summed E-state index contributed by atoms with van der Waals surface area (Å²) in [5.74, 6) is -2.50. The molecule has 0 bridgehead atoms. The number of carboxylic acids is 1. The van der Waals surface area contributed by atoms with Crippen LogP contribution in [0.25, 0.3) is 0 Å². The zero-order valence-electron chi connectivity index (χ0n) is 20.4. The van der Waals surface area contributed by atoms with Gasteiger partial charge in [0.25, 0.3) is 0 Å². The number of aromatic amines is 1. The molecule has 5 atom stereocenters. The van der Waals surface area contributed by atoms with Gasteiger partial charge in [-0.1, -0.05) is 34.1 Å². The number of nitrogens with one attached hydrogen (secondary N) is 3. The summed E-state index contributed by atoms with van der Waals surface area (Å²) in [6.07, 6.45) is 5.20. The molecule has 2 heterocycles. The average molecular weight is 479 g/mol. The van der Waals surface area contributed by atoms with E-state index in [2.05, 4.69) is 20.6 Å². The summed E-state index contributed by atoms with van der Waals surface area (Å²) in [7, 11) is 0. The van der Waals surface area contributed by atoms with Crippen LogP contribution >= 0.6 is 0 Å². The van der Waals surface area contributed by atoms with Crippen LogP contribution in [0.4, 0.5) is 0 Å². The van der Waals surface area contributed by atoms with Crippen molar-refractivity contribution in [3.63, 3.8) is 0 Å². The van der Waals surface area contributed by atoms with Crippen molar-refractivity contribution in [1.29, 1.82) is 0 Å². The summed E-state index contributed by atoms with van der Waals surface area (Å²) in [6.45, 7) is 7.96. The summed E-state index contributed by atoms with van der Waals surface area (Å²) < 4.78 is 0. The van der Waals surface area contributed by atoms with Crippen LogP contribution in [0.15, 0.2) is 12.5 Å². The van der Waals surface area contributed by atoms with Gasteiger partial charge in [0.05, 0.1) is 12.4 Å². The summed E-state index contributed by atoms with van der Waals surface area (Å²) in [5, 5.41) is 15.0. The van der Waals surface area contributed by atoms with Crippen LogP contribution in [-0.4, -0.2) is 74.4 Å². The fourth-order valence-electron chi connectivity index (χ4n) is 4.12. The number of carbonyl (C=O) groups is 4. The van der Waals surface area contributed by atoms with E-state index in [9.17, 15) is 24.3 Å². The van der Waals surface area contributed by atoms with Gasteiger partial charge in [0, 0.05) is 24.9 Å². The second-order valence-corrected chi connectivity index (χ2v) is 9.48. The molecular weight excluding hydrogens is 440 g/mol. The standard InChI is InChI=1S/C23H38N6O5/c1-5-14(4)19(22(32)29-8-6-7-18(29)23(33)34)28-21(31)17(10-15-11-25-12-26-15)27-20(30)16(24)9-13(2)3/h11-14,16-19H,5-10,24H2,1-4H3,(H,25,26)(H,27,30)(H,28,31)(H,33,34). The Morgan fingerprint density at radius 3 is 2.50 bits per heavy atom. The number of imidazole rings is 1. The van der Waals surface area contributed by atoms with E-state index in [4.69, 9.17) is 5.73 Å². The first-order chi connectivity index (χ1) is 16.0. The third kappa shape index (κ3) is 7.28. The molecule has 190 valence electrons. The Morgan fingerprint density at radius 1 is 1.24 bits per heavy atom. The summed E-state index contributed by atoms with van der Waals surface area (Å²) in [5.41, 5.74) is 6.64. The van der Waals surface area contributed by atoms with E-state index in [0.717, 1.165) is 0 Å². The summed E-state index contributed by atoms with van der Waals surface area (Å²) in [6, 6.07) is -3.57. The van der Waals surface area contributed by atoms with Crippen molar-refractivity contribution in [2.75, 3.05) is 6.54 Å². The highest BCUT2D eigenvalue weighted by molar-refractivity contribution is 5.94. The molecule has 1 aromatic heterocycles. The van der Waals surface area contributed by atoms with Gasteiger partial charge in [-0.15, -0.1) is 0 Å². The minimum atomic E-state index is -1.05. The van der Waals surface area contributed by atoms with Gasteiger partial charge in [0.15, 0.2) is 0 Å². The Hall–Kier alpha value is -2.95. The molecule has 0 saturated carbocycles. The Labute approximate surface area is 200 Å². The number of aromatic nitrogens is 2. The highest BCUT2D eigenvalue weighted by Gasteiger charge is 2.40. The van der Waals surface area contributed by atoms with Gasteiger partial charge >= 0.3 is 5.97 Å². The molecule has 0 radical (unpaired) electrons. The number of likely N-dealkylation sites (tertiary alicyclic amines) is 1. The molecule has 0 spiro atoms. The Bertz CT molecular complexity index is 843. The van der Waals surface area contributed by atoms with Gasteiger partial charge in [0.2, 0.25) is 17.7 Å². The van der Waals surface area contributed by atoms with Crippen LogP contribution in [-0.2, 0) is 25.6 Å². The second-order valence-electron chi connectivity index (χ2n) is 9.48. The molecule has 0 aliphatic carbocycles. The van der Waals surface area contributed by atoms with Crippen LogP contribution in [0.5, 0.6) is 0 Å². The maximum atomic E-state index is 13.3. The van der Waals surface area contributed by atoms with E-state index in [0.29, 0.717) is 37.9 Å². The van der Waals surface area contributed by atoms with Crippen molar-refractivity contribution < 1.29 is 24.3 Å². The lowest BCUT2D eigenvalue weighted by molar-refractivity contribution is -0.150. The first kappa shape index (κ1) is 27.3. The number of nitrogens with two attached hydrogens (primary N) is 1. The van der Waals surface area contributed by atoms with E-state index in [1.165, 1.54) is 11.2 Å². The minimum absolute atomic E-state index is 0.134. The molecule has 1 aliphatic rings. The normalized spacial score (nSPS) is 19.4. The molecule has 1 aliphatic heterocycles. The Kier molecular flexibility index (Phi) is 10.0. The predicted octanol–water partition coefficient (Wildman–Crippen LogP) is 0.417. The van der Waals surface area contributed by atoms with Gasteiger partial charge in [0.1, 0.15) is 18.1 Å². The quantitative estimate of drug-likeness (QED) is 0.290. The minimum Gasteiger partial charge on any atom is -0.480 e. The van der Waals surface area contributed by atoms with E-state index in [1.807, 2.05) is 27.7 Å². The lowest BCUT2D eigenvalue weighted by Crippen LogP contribution is -2.59. The first-order valence-corrected chi connectivity index (χ1v) is 11.9. The van der Waals surface area contributed by atoms with Gasteiger partial charge in [-0.2, -0.15) is 0 Å². The van der Waals surface area contributed by atoms with Crippen LogP contribution < -0.4 is 16.4 Å². The molecule has 1 saturated heterocycles. The molecule has 11 heteroatoms. The van der Waals surface area contributed by atoms with Crippen LogP contribution in [0.3, 0.4) is 0 Å². The van der Waals surface area contributed by atoms with Crippen molar-refractivity contribution in [1.82, 2.24) is 25.5 Å². The largest absolute Gasteiger partial charge is 0.480 e. The monoisotopic (exact) mass is 478 g/mol. The maximum Gasteiger partial charge on any atom is 0.326 e. The van der Waals surface area contributed by atoms with Gasteiger partial charge < -0.3 is 31.4 Å². The number of carbonyl (C=O) groups excluding carboxylic acids is 3. The van der Waals surface area contributed by atoms with E-state index >= 15 is 0 Å². The van der Waals surface area contributed by atoms with E-state index in [-0.39, 0.29) is 18.3 Å². The lowest BCUT2D eigenvalue weighted by Gasteiger charge is -2.31. The van der Waals surface area contributed by atoms with Crippen molar-refractivity contribution in [3.05, 3.63) is 18.2 Å². The average Bonchev–Trinajstić information content (AvgIpc) is 3.47. The number of nitrogens with zero attached hydrogens (tertiary/aromatic N) is 2. The van der Waals surface area contributed by atoms with Gasteiger partial charge in [-0.3, -0.25) is 14.4 Å². The number of H-pyrrole nitrogens is 1. The maximum absolute atomic E-state index is 13.3. The lowest BCUT2D eigenvalue weighted by atomic mass is 9.96. The fourth-order valence-corrected chi connectivity index (χ4v) is 4.12. The zero-order valence-corrected chi connectivity index (χ0v) is 20.4. The number of rotatable bonds is 12. The molecule has 34 heavy (non-hydrogen) atoms. The van der Waals surface area contributed by atoms with Crippen molar-refractivity contribution in [3.8, 4) is 0 Å². The highest BCUT2D eigenvalue weighted by atomic mass is 16.4. The predicted molar refractivity (Wildman–Crippen MR) is 125 cm³/mol. The molecule has 11 nitrogen and oxygen atoms in total. The second kappa shape index (κ2) is 12.5. The molecule has 6 N–H and O–H groups in total. The van der Waals surface area contributed by atoms with Gasteiger partial charge in [-0.05, 0) is 31.1 Å². The molecule has 1 fully saturated rings.